The summed E-state index contributed by atoms with van der Waals surface area (Å²) >= 11 is 0. The Hall–Kier alpha value is -3.15. The number of aromatic nitrogens is 2. The Kier molecular flexibility index (Phi) is 5.10. The van der Waals surface area contributed by atoms with Gasteiger partial charge in [-0.05, 0) is 62.1 Å². The first-order chi connectivity index (χ1) is 13.7. The minimum Gasteiger partial charge on any atom is -0.497 e. The zero-order valence-electron chi connectivity index (χ0n) is 16.1. The number of carbonyl (C=O) groups is 1. The fourth-order valence-corrected chi connectivity index (χ4v) is 3.52. The Balaban J connectivity index is 1.60. The van der Waals surface area contributed by atoms with Crippen molar-refractivity contribution in [2.75, 3.05) is 20.2 Å². The molecule has 4 rings (SSSR count). The molecule has 2 aromatic carbocycles. The lowest BCUT2D eigenvalue weighted by Gasteiger charge is -2.26. The van der Waals surface area contributed by atoms with Crippen molar-refractivity contribution >= 4 is 5.91 Å². The van der Waals surface area contributed by atoms with Crippen molar-refractivity contribution in [1.29, 1.82) is 0 Å². The first-order valence-corrected chi connectivity index (χ1v) is 9.54. The maximum atomic E-state index is 12.8. The van der Waals surface area contributed by atoms with Crippen molar-refractivity contribution < 1.29 is 14.1 Å². The summed E-state index contributed by atoms with van der Waals surface area (Å²) in [4.78, 5) is 19.2. The molecule has 0 atom stereocenters. The molecule has 0 unspecified atom stereocenters. The molecule has 28 heavy (non-hydrogen) atoms. The van der Waals surface area contributed by atoms with Gasteiger partial charge in [-0.15, -0.1) is 0 Å². The lowest BCUT2D eigenvalue weighted by molar-refractivity contribution is 0.0724. The number of benzene rings is 2. The van der Waals surface area contributed by atoms with E-state index in [0.717, 1.165) is 48.4 Å². The molecule has 1 aliphatic heterocycles. The molecule has 3 aromatic rings. The second kappa shape index (κ2) is 7.84. The quantitative estimate of drug-likeness (QED) is 0.676. The van der Waals surface area contributed by atoms with E-state index >= 15 is 0 Å². The van der Waals surface area contributed by atoms with Crippen LogP contribution in [0.3, 0.4) is 0 Å². The van der Waals surface area contributed by atoms with E-state index in [1.165, 1.54) is 6.42 Å². The molecule has 0 radical (unpaired) electrons. The minimum absolute atomic E-state index is 0.0660. The highest BCUT2D eigenvalue weighted by Crippen LogP contribution is 2.28. The second-order valence-corrected chi connectivity index (χ2v) is 7.04. The van der Waals surface area contributed by atoms with Crippen LogP contribution in [-0.2, 0) is 0 Å². The van der Waals surface area contributed by atoms with Crippen molar-refractivity contribution in [2.24, 2.45) is 0 Å². The van der Waals surface area contributed by atoms with Gasteiger partial charge in [0.25, 0.3) is 11.8 Å². The van der Waals surface area contributed by atoms with Gasteiger partial charge >= 0.3 is 0 Å². The summed E-state index contributed by atoms with van der Waals surface area (Å²) < 4.78 is 10.7. The summed E-state index contributed by atoms with van der Waals surface area (Å²) in [6.07, 6.45) is 3.34. The zero-order valence-corrected chi connectivity index (χ0v) is 16.1. The molecular formula is C22H23N3O3. The van der Waals surface area contributed by atoms with Crippen molar-refractivity contribution in [1.82, 2.24) is 15.0 Å². The Morgan fingerprint density at radius 2 is 1.93 bits per heavy atom. The van der Waals surface area contributed by atoms with Gasteiger partial charge in [-0.3, -0.25) is 4.79 Å². The lowest BCUT2D eigenvalue weighted by Crippen LogP contribution is -2.35. The first-order valence-electron chi connectivity index (χ1n) is 9.54. The van der Waals surface area contributed by atoms with E-state index in [9.17, 15) is 4.79 Å². The van der Waals surface area contributed by atoms with Crippen LogP contribution in [0.1, 0.15) is 35.2 Å². The molecule has 0 bridgehead atoms. The Morgan fingerprint density at radius 3 is 2.68 bits per heavy atom. The van der Waals surface area contributed by atoms with E-state index in [1.807, 2.05) is 54.3 Å². The van der Waals surface area contributed by atoms with Gasteiger partial charge in [0.15, 0.2) is 0 Å². The van der Waals surface area contributed by atoms with Crippen molar-refractivity contribution in [3.05, 3.63) is 53.6 Å². The van der Waals surface area contributed by atoms with Gasteiger partial charge in [0.1, 0.15) is 5.75 Å². The highest BCUT2D eigenvalue weighted by atomic mass is 16.5. The van der Waals surface area contributed by atoms with Gasteiger partial charge in [0.2, 0.25) is 5.82 Å². The number of rotatable bonds is 4. The lowest BCUT2D eigenvalue weighted by atomic mass is 10.1. The average Bonchev–Trinajstić information content (AvgIpc) is 3.24. The minimum atomic E-state index is 0.0660. The second-order valence-electron chi connectivity index (χ2n) is 7.04. The van der Waals surface area contributed by atoms with E-state index in [2.05, 4.69) is 10.1 Å². The topological polar surface area (TPSA) is 68.5 Å². The summed E-state index contributed by atoms with van der Waals surface area (Å²) in [6.45, 7) is 3.62. The van der Waals surface area contributed by atoms with Crippen molar-refractivity contribution in [3.8, 4) is 28.6 Å². The molecule has 0 spiro atoms. The number of aryl methyl sites for hydroxylation is 1. The Morgan fingerprint density at radius 1 is 1.11 bits per heavy atom. The van der Waals surface area contributed by atoms with E-state index in [-0.39, 0.29) is 5.91 Å². The predicted molar refractivity (Wildman–Crippen MR) is 106 cm³/mol. The highest BCUT2D eigenvalue weighted by molar-refractivity contribution is 5.95. The number of piperidine rings is 1. The van der Waals surface area contributed by atoms with Crippen LogP contribution in [0.5, 0.6) is 5.75 Å². The van der Waals surface area contributed by atoms with Crippen molar-refractivity contribution in [2.45, 2.75) is 26.2 Å². The number of likely N-dealkylation sites (tertiary alicyclic amines) is 1. The van der Waals surface area contributed by atoms with Crippen LogP contribution in [0, 0.1) is 6.92 Å². The number of ether oxygens (including phenoxy) is 1. The molecule has 6 nitrogen and oxygen atoms in total. The van der Waals surface area contributed by atoms with Gasteiger partial charge in [0, 0.05) is 29.8 Å². The molecular weight excluding hydrogens is 354 g/mol. The number of hydrogen-bond acceptors (Lipinski definition) is 5. The third-order valence-electron chi connectivity index (χ3n) is 5.10. The summed E-state index contributed by atoms with van der Waals surface area (Å²) in [5.74, 6) is 1.77. The molecule has 0 N–H and O–H groups in total. The van der Waals surface area contributed by atoms with Gasteiger partial charge in [-0.1, -0.05) is 17.3 Å². The molecule has 1 amide bonds. The SMILES string of the molecule is COc1ccc(-c2nc(-c3cccc(C(=O)N4CCCCC4)c3)no2)c(C)c1. The summed E-state index contributed by atoms with van der Waals surface area (Å²) in [5, 5.41) is 4.12. The fraction of sp³-hybridized carbons (Fsp3) is 0.318. The molecule has 1 saturated heterocycles. The first kappa shape index (κ1) is 18.2. The molecule has 0 aliphatic carbocycles. The van der Waals surface area contributed by atoms with E-state index in [0.29, 0.717) is 17.3 Å². The smallest absolute Gasteiger partial charge is 0.258 e. The van der Waals surface area contributed by atoms with Gasteiger partial charge in [-0.25, -0.2) is 0 Å². The number of methoxy groups -OCH3 is 1. The van der Waals surface area contributed by atoms with Crippen molar-refractivity contribution in [3.63, 3.8) is 0 Å². The van der Waals surface area contributed by atoms with Crippen LogP contribution in [0.4, 0.5) is 0 Å². The molecule has 1 aliphatic rings. The van der Waals surface area contributed by atoms with Crippen LogP contribution < -0.4 is 4.74 Å². The van der Waals surface area contributed by atoms with Crippen LogP contribution >= 0.6 is 0 Å². The van der Waals surface area contributed by atoms with Crippen LogP contribution in [0.15, 0.2) is 47.0 Å². The number of hydrogen-bond donors (Lipinski definition) is 0. The highest BCUT2D eigenvalue weighted by Gasteiger charge is 2.19. The number of carbonyl (C=O) groups excluding carboxylic acids is 1. The maximum absolute atomic E-state index is 12.8. The summed E-state index contributed by atoms with van der Waals surface area (Å²) in [5.41, 5.74) is 3.28. The Labute approximate surface area is 164 Å². The largest absolute Gasteiger partial charge is 0.497 e. The molecule has 144 valence electrons. The molecule has 1 aromatic heterocycles. The summed E-state index contributed by atoms with van der Waals surface area (Å²) in [7, 11) is 1.64. The zero-order chi connectivity index (χ0) is 19.5. The third kappa shape index (κ3) is 3.63. The summed E-state index contributed by atoms with van der Waals surface area (Å²) in [6, 6.07) is 13.1. The van der Waals surface area contributed by atoms with E-state index in [4.69, 9.17) is 9.26 Å². The molecule has 1 fully saturated rings. The molecule has 6 heteroatoms. The van der Waals surface area contributed by atoms with Gasteiger partial charge < -0.3 is 14.2 Å². The Bertz CT molecular complexity index is 990. The predicted octanol–water partition coefficient (Wildman–Crippen LogP) is 4.35. The fourth-order valence-electron chi connectivity index (χ4n) is 3.52. The third-order valence-corrected chi connectivity index (χ3v) is 5.10. The van der Waals surface area contributed by atoms with Gasteiger partial charge in [0.05, 0.1) is 7.11 Å². The van der Waals surface area contributed by atoms with Crippen LogP contribution in [-0.4, -0.2) is 41.1 Å². The standard InChI is InChI=1S/C22H23N3O3/c1-15-13-18(27-2)9-10-19(15)21-23-20(24-28-21)16-7-6-8-17(14-16)22(26)25-11-4-3-5-12-25/h6-10,13-14H,3-5,11-12H2,1-2H3. The van der Waals surface area contributed by atoms with Gasteiger partial charge in [-0.2, -0.15) is 4.98 Å². The monoisotopic (exact) mass is 377 g/mol. The van der Waals surface area contributed by atoms with Crippen LogP contribution in [0.25, 0.3) is 22.8 Å². The normalized spacial score (nSPS) is 14.1. The number of amides is 1. The van der Waals surface area contributed by atoms with Crippen LogP contribution in [0.2, 0.25) is 0 Å². The molecule has 2 heterocycles. The molecule has 0 saturated carbocycles. The average molecular weight is 377 g/mol. The number of nitrogens with zero attached hydrogens (tertiary/aromatic N) is 3. The maximum Gasteiger partial charge on any atom is 0.258 e. The van der Waals surface area contributed by atoms with E-state index < -0.39 is 0 Å². The van der Waals surface area contributed by atoms with E-state index in [1.54, 1.807) is 7.11 Å².